The molecular formula is C9H13BrO4. The van der Waals surface area contributed by atoms with Crippen LogP contribution in [0.25, 0.3) is 0 Å². The second-order valence-electron chi connectivity index (χ2n) is 3.70. The zero-order valence-electron chi connectivity index (χ0n) is 8.08. The summed E-state index contributed by atoms with van der Waals surface area (Å²) in [6.45, 7) is 2.76. The van der Waals surface area contributed by atoms with Crippen molar-refractivity contribution in [1.29, 1.82) is 0 Å². The summed E-state index contributed by atoms with van der Waals surface area (Å²) >= 11 is 3.09. The second kappa shape index (κ2) is 4.10. The van der Waals surface area contributed by atoms with E-state index in [1.807, 2.05) is 0 Å². The average molecular weight is 265 g/mol. The first-order valence-electron chi connectivity index (χ1n) is 4.28. The Morgan fingerprint density at radius 2 is 2.21 bits per heavy atom. The molecule has 5 heteroatoms. The van der Waals surface area contributed by atoms with Crippen molar-refractivity contribution in [3.05, 3.63) is 10.1 Å². The monoisotopic (exact) mass is 264 g/mol. The minimum absolute atomic E-state index is 0.169. The molecule has 0 saturated carbocycles. The molecule has 0 aromatic carbocycles. The Kier molecular flexibility index (Phi) is 3.47. The Balaban J connectivity index is 2.69. The highest BCUT2D eigenvalue weighted by atomic mass is 79.9. The Morgan fingerprint density at radius 3 is 2.57 bits per heavy atom. The molecule has 0 aromatic heterocycles. The van der Waals surface area contributed by atoms with Gasteiger partial charge >= 0.3 is 0 Å². The minimum atomic E-state index is -1.33. The summed E-state index contributed by atoms with van der Waals surface area (Å²) in [7, 11) is 0. The Labute approximate surface area is 90.7 Å². The zero-order chi connectivity index (χ0) is 10.9. The molecular weight excluding hydrogens is 252 g/mol. The van der Waals surface area contributed by atoms with Gasteiger partial charge in [0.25, 0.3) is 0 Å². The van der Waals surface area contributed by atoms with Gasteiger partial charge in [-0.2, -0.15) is 0 Å². The van der Waals surface area contributed by atoms with Gasteiger partial charge in [-0.3, -0.25) is 4.79 Å². The number of ketones is 1. The number of hydrogen-bond donors (Lipinski definition) is 2. The van der Waals surface area contributed by atoms with Crippen molar-refractivity contribution < 1.29 is 19.7 Å². The van der Waals surface area contributed by atoms with E-state index in [-0.39, 0.29) is 12.4 Å². The van der Waals surface area contributed by atoms with Gasteiger partial charge in [0.2, 0.25) is 0 Å². The molecule has 0 spiro atoms. The van der Waals surface area contributed by atoms with Gasteiger partial charge < -0.3 is 14.9 Å². The van der Waals surface area contributed by atoms with E-state index in [1.54, 1.807) is 0 Å². The van der Waals surface area contributed by atoms with Crippen LogP contribution in [-0.2, 0) is 9.53 Å². The maximum absolute atomic E-state index is 11.5. The predicted molar refractivity (Wildman–Crippen MR) is 53.8 cm³/mol. The summed E-state index contributed by atoms with van der Waals surface area (Å²) < 4.78 is 5.51. The summed E-state index contributed by atoms with van der Waals surface area (Å²) in [6, 6.07) is 0. The molecule has 2 N–H and O–H groups in total. The Hall–Kier alpha value is -0.230. The van der Waals surface area contributed by atoms with Crippen molar-refractivity contribution in [3.8, 4) is 0 Å². The van der Waals surface area contributed by atoms with Gasteiger partial charge in [-0.05, 0) is 35.4 Å². The van der Waals surface area contributed by atoms with Crippen molar-refractivity contribution in [1.82, 2.24) is 0 Å². The van der Waals surface area contributed by atoms with E-state index < -0.39 is 11.9 Å². The summed E-state index contributed by atoms with van der Waals surface area (Å²) in [5.41, 5.74) is 0.615. The van der Waals surface area contributed by atoms with E-state index in [2.05, 4.69) is 15.9 Å². The molecule has 14 heavy (non-hydrogen) atoms. The van der Waals surface area contributed by atoms with Gasteiger partial charge in [-0.15, -0.1) is 0 Å². The molecule has 1 atom stereocenters. The average Bonchev–Trinajstić information content (AvgIpc) is 2.30. The molecule has 0 fully saturated rings. The molecule has 1 aliphatic carbocycles. The van der Waals surface area contributed by atoms with E-state index in [0.29, 0.717) is 16.5 Å². The molecule has 0 saturated heterocycles. The van der Waals surface area contributed by atoms with Crippen LogP contribution in [0, 0.1) is 0 Å². The number of aliphatic hydroxyl groups is 2. The Morgan fingerprint density at radius 1 is 1.64 bits per heavy atom. The zero-order valence-corrected chi connectivity index (χ0v) is 9.67. The number of carbonyl (C=O) groups is 1. The normalized spacial score (nSPS) is 23.5. The van der Waals surface area contributed by atoms with Crippen molar-refractivity contribution in [3.63, 3.8) is 0 Å². The molecule has 0 bridgehead atoms. The lowest BCUT2D eigenvalue weighted by atomic mass is 10.2. The highest BCUT2D eigenvalue weighted by Gasteiger charge is 2.35. The van der Waals surface area contributed by atoms with Crippen LogP contribution in [0.3, 0.4) is 0 Å². The van der Waals surface area contributed by atoms with Crippen LogP contribution >= 0.6 is 15.9 Å². The largest absolute Gasteiger partial charge is 0.392 e. The van der Waals surface area contributed by atoms with Crippen LogP contribution in [0.5, 0.6) is 0 Å². The van der Waals surface area contributed by atoms with Gasteiger partial charge in [0.05, 0.1) is 11.1 Å². The standard InChI is InChI=1S/C9H13BrO4/c1-9(2,13)14-6-3-5(4-11)7(10)8(6)12/h6,11,13H,3-4H2,1-2H3. The number of halogens is 1. The fraction of sp³-hybridized carbons (Fsp3) is 0.667. The van der Waals surface area contributed by atoms with Crippen LogP contribution in [0.4, 0.5) is 0 Å². The number of hydrogen-bond acceptors (Lipinski definition) is 4. The van der Waals surface area contributed by atoms with Gasteiger partial charge in [-0.1, -0.05) is 0 Å². The fourth-order valence-corrected chi connectivity index (χ4v) is 1.84. The maximum atomic E-state index is 11.5. The van der Waals surface area contributed by atoms with Crippen LogP contribution in [0.1, 0.15) is 20.3 Å². The quantitative estimate of drug-likeness (QED) is 0.738. The van der Waals surface area contributed by atoms with E-state index in [9.17, 15) is 9.90 Å². The van der Waals surface area contributed by atoms with Crippen LogP contribution < -0.4 is 0 Å². The Bertz CT molecular complexity index is 277. The number of rotatable bonds is 3. The molecule has 1 unspecified atom stereocenters. The summed E-state index contributed by atoms with van der Waals surface area (Å²) in [4.78, 5) is 11.5. The number of ether oxygens (including phenoxy) is 1. The van der Waals surface area contributed by atoms with Crippen molar-refractivity contribution >= 4 is 21.7 Å². The topological polar surface area (TPSA) is 66.8 Å². The van der Waals surface area contributed by atoms with Crippen LogP contribution in [0.15, 0.2) is 10.1 Å². The van der Waals surface area contributed by atoms with E-state index in [0.717, 1.165) is 0 Å². The predicted octanol–water partition coefficient (Wildman–Crippen LogP) is 0.714. The number of carbonyl (C=O) groups excluding carboxylic acids is 1. The third-order valence-corrected chi connectivity index (χ3v) is 2.82. The molecule has 1 aliphatic rings. The van der Waals surface area contributed by atoms with Crippen molar-refractivity contribution in [2.75, 3.05) is 6.61 Å². The van der Waals surface area contributed by atoms with Crippen molar-refractivity contribution in [2.45, 2.75) is 32.2 Å². The lowest BCUT2D eigenvalue weighted by Gasteiger charge is -2.22. The highest BCUT2D eigenvalue weighted by molar-refractivity contribution is 9.12. The molecule has 0 amide bonds. The first kappa shape index (κ1) is 11.8. The molecule has 4 nitrogen and oxygen atoms in total. The third-order valence-electron chi connectivity index (χ3n) is 1.87. The van der Waals surface area contributed by atoms with E-state index in [4.69, 9.17) is 9.84 Å². The first-order valence-corrected chi connectivity index (χ1v) is 5.07. The first-order chi connectivity index (χ1) is 6.35. The molecule has 0 radical (unpaired) electrons. The lowest BCUT2D eigenvalue weighted by Crippen LogP contribution is -2.33. The van der Waals surface area contributed by atoms with Crippen molar-refractivity contribution in [2.24, 2.45) is 0 Å². The molecule has 0 aromatic rings. The van der Waals surface area contributed by atoms with Gasteiger partial charge in [-0.25, -0.2) is 0 Å². The van der Waals surface area contributed by atoms with Gasteiger partial charge in [0, 0.05) is 6.42 Å². The highest BCUT2D eigenvalue weighted by Crippen LogP contribution is 2.30. The molecule has 0 heterocycles. The third kappa shape index (κ3) is 2.63. The van der Waals surface area contributed by atoms with E-state index >= 15 is 0 Å². The number of Topliss-reactive ketones (excluding diaryl/α,β-unsaturated/α-hetero) is 1. The number of aliphatic hydroxyl groups excluding tert-OH is 1. The van der Waals surface area contributed by atoms with Crippen LogP contribution in [0.2, 0.25) is 0 Å². The fourth-order valence-electron chi connectivity index (χ4n) is 1.30. The smallest absolute Gasteiger partial charge is 0.198 e. The summed E-state index contributed by atoms with van der Waals surface area (Å²) in [6.07, 6.45) is -0.355. The molecule has 0 aliphatic heterocycles. The van der Waals surface area contributed by atoms with Crippen LogP contribution in [-0.4, -0.2) is 34.5 Å². The molecule has 80 valence electrons. The lowest BCUT2D eigenvalue weighted by molar-refractivity contribution is -0.202. The maximum Gasteiger partial charge on any atom is 0.198 e. The summed E-state index contributed by atoms with van der Waals surface area (Å²) in [5, 5.41) is 18.3. The van der Waals surface area contributed by atoms with Gasteiger partial charge in [0.15, 0.2) is 11.6 Å². The minimum Gasteiger partial charge on any atom is -0.392 e. The SMILES string of the molecule is CC(C)(O)OC1CC(CO)=C(Br)C1=O. The van der Waals surface area contributed by atoms with Gasteiger partial charge in [0.1, 0.15) is 6.10 Å². The second-order valence-corrected chi connectivity index (χ2v) is 4.49. The van der Waals surface area contributed by atoms with E-state index in [1.165, 1.54) is 13.8 Å². The molecule has 1 rings (SSSR count). The summed E-state index contributed by atoms with van der Waals surface area (Å²) in [5.74, 6) is -1.56.